The molecule has 0 atom stereocenters. The maximum Gasteiger partial charge on any atom is 0.141 e. The first kappa shape index (κ1) is 14.0. The van der Waals surface area contributed by atoms with Crippen molar-refractivity contribution < 1.29 is 9.13 Å². The Labute approximate surface area is 124 Å². The summed E-state index contributed by atoms with van der Waals surface area (Å²) in [5.41, 5.74) is 6.84. The quantitative estimate of drug-likeness (QED) is 0.845. The molecular weight excluding hydrogens is 329 g/mol. The molecule has 0 bridgehead atoms. The number of nitrogens with two attached hydrogens (primary N) is 1. The molecule has 2 aromatic carbocycles. The molecule has 0 aliphatic rings. The summed E-state index contributed by atoms with van der Waals surface area (Å²) < 4.78 is 19.6. The number of hydrogen-bond donors (Lipinski definition) is 1. The van der Waals surface area contributed by atoms with Crippen LogP contribution in [-0.2, 0) is 0 Å². The van der Waals surface area contributed by atoms with Gasteiger partial charge in [-0.1, -0.05) is 12.2 Å². The van der Waals surface area contributed by atoms with Gasteiger partial charge in [-0.15, -0.1) is 0 Å². The predicted octanol–water partition coefficient (Wildman–Crippen LogP) is 4.32. The first-order valence-corrected chi connectivity index (χ1v) is 6.71. The fourth-order valence-corrected chi connectivity index (χ4v) is 2.13. The number of thiocarbonyl (C=S) groups is 1. The molecule has 0 aliphatic heterocycles. The number of aryl methyl sites for hydroxylation is 1. The zero-order valence-corrected chi connectivity index (χ0v) is 12.5. The monoisotopic (exact) mass is 339 g/mol. The van der Waals surface area contributed by atoms with Crippen LogP contribution in [0.15, 0.2) is 40.9 Å². The summed E-state index contributed by atoms with van der Waals surface area (Å²) in [6.07, 6.45) is 0. The van der Waals surface area contributed by atoms with Crippen LogP contribution in [0.4, 0.5) is 4.39 Å². The predicted molar refractivity (Wildman–Crippen MR) is 81.2 cm³/mol. The molecule has 0 unspecified atom stereocenters. The molecule has 19 heavy (non-hydrogen) atoms. The fraction of sp³-hybridized carbons (Fsp3) is 0.0714. The highest BCUT2D eigenvalue weighted by Gasteiger charge is 2.07. The van der Waals surface area contributed by atoms with Gasteiger partial charge in [-0.25, -0.2) is 4.39 Å². The molecule has 2 nitrogen and oxygen atoms in total. The fourth-order valence-electron chi connectivity index (χ4n) is 1.54. The smallest absolute Gasteiger partial charge is 0.141 e. The van der Waals surface area contributed by atoms with Crippen molar-refractivity contribution in [3.05, 3.63) is 57.8 Å². The number of rotatable bonds is 3. The Morgan fingerprint density at radius 1 is 1.26 bits per heavy atom. The first-order valence-electron chi connectivity index (χ1n) is 5.51. The SMILES string of the molecule is Cc1cc(Oc2ccc(C(N)=S)cc2Br)ccc1F. The summed E-state index contributed by atoms with van der Waals surface area (Å²) in [4.78, 5) is 0.324. The van der Waals surface area contributed by atoms with Crippen LogP contribution in [0.2, 0.25) is 0 Å². The Morgan fingerprint density at radius 2 is 2.00 bits per heavy atom. The van der Waals surface area contributed by atoms with Crippen LogP contribution in [0.1, 0.15) is 11.1 Å². The second-order valence-corrected chi connectivity index (χ2v) is 5.32. The highest BCUT2D eigenvalue weighted by atomic mass is 79.9. The molecule has 0 saturated carbocycles. The number of benzene rings is 2. The van der Waals surface area contributed by atoms with Gasteiger partial charge in [0, 0.05) is 5.56 Å². The number of hydrogen-bond acceptors (Lipinski definition) is 2. The van der Waals surface area contributed by atoms with E-state index in [4.69, 9.17) is 22.7 Å². The molecule has 0 amide bonds. The molecule has 2 rings (SSSR count). The van der Waals surface area contributed by atoms with Crippen LogP contribution in [0, 0.1) is 12.7 Å². The van der Waals surface area contributed by atoms with E-state index in [9.17, 15) is 4.39 Å². The lowest BCUT2D eigenvalue weighted by atomic mass is 10.2. The summed E-state index contributed by atoms with van der Waals surface area (Å²) in [6.45, 7) is 1.69. The molecule has 0 saturated heterocycles. The van der Waals surface area contributed by atoms with Gasteiger partial charge in [0.1, 0.15) is 22.3 Å². The zero-order valence-electron chi connectivity index (χ0n) is 10.1. The lowest BCUT2D eigenvalue weighted by Gasteiger charge is -2.10. The molecule has 0 spiro atoms. The van der Waals surface area contributed by atoms with E-state index in [-0.39, 0.29) is 5.82 Å². The van der Waals surface area contributed by atoms with Crippen LogP contribution >= 0.6 is 28.1 Å². The lowest BCUT2D eigenvalue weighted by molar-refractivity contribution is 0.476. The van der Waals surface area contributed by atoms with E-state index < -0.39 is 0 Å². The third-order valence-electron chi connectivity index (χ3n) is 2.57. The highest BCUT2D eigenvalue weighted by Crippen LogP contribution is 2.31. The first-order chi connectivity index (χ1) is 8.97. The minimum Gasteiger partial charge on any atom is -0.456 e. The topological polar surface area (TPSA) is 35.2 Å². The molecule has 0 aliphatic carbocycles. The Balaban J connectivity index is 2.28. The van der Waals surface area contributed by atoms with E-state index in [1.54, 1.807) is 37.3 Å². The standard InChI is InChI=1S/C14H11BrFNOS/c1-8-6-10(3-4-12(8)16)18-13-5-2-9(14(17)19)7-11(13)15/h2-7H,1H3,(H2,17,19). The number of halogens is 2. The van der Waals surface area contributed by atoms with E-state index >= 15 is 0 Å². The van der Waals surface area contributed by atoms with Crippen LogP contribution in [0.3, 0.4) is 0 Å². The third-order valence-corrected chi connectivity index (χ3v) is 3.43. The van der Waals surface area contributed by atoms with Crippen molar-refractivity contribution in [2.45, 2.75) is 6.92 Å². The Hall–Kier alpha value is -1.46. The van der Waals surface area contributed by atoms with Gasteiger partial charge in [-0.3, -0.25) is 0 Å². The van der Waals surface area contributed by atoms with Gasteiger partial charge in [0.25, 0.3) is 0 Å². The van der Waals surface area contributed by atoms with E-state index in [2.05, 4.69) is 15.9 Å². The molecule has 0 fully saturated rings. The zero-order chi connectivity index (χ0) is 14.0. The van der Waals surface area contributed by atoms with Crippen LogP contribution < -0.4 is 10.5 Å². The van der Waals surface area contributed by atoms with E-state index in [1.165, 1.54) is 6.07 Å². The average molecular weight is 340 g/mol. The molecule has 0 radical (unpaired) electrons. The van der Waals surface area contributed by atoms with Gasteiger partial charge in [0.05, 0.1) is 4.47 Å². The van der Waals surface area contributed by atoms with Crippen LogP contribution in [0.5, 0.6) is 11.5 Å². The molecular formula is C14H11BrFNOS. The molecule has 2 aromatic rings. The van der Waals surface area contributed by atoms with Crippen molar-refractivity contribution in [3.63, 3.8) is 0 Å². The van der Waals surface area contributed by atoms with Crippen molar-refractivity contribution >= 4 is 33.1 Å². The van der Waals surface area contributed by atoms with Crippen LogP contribution in [-0.4, -0.2) is 4.99 Å². The number of ether oxygens (including phenoxy) is 1. The van der Waals surface area contributed by atoms with Gasteiger partial charge < -0.3 is 10.5 Å². The van der Waals surface area contributed by atoms with E-state index in [0.29, 0.717) is 22.1 Å². The Morgan fingerprint density at radius 3 is 2.58 bits per heavy atom. The minimum absolute atomic E-state index is 0.254. The second kappa shape index (κ2) is 5.67. The van der Waals surface area contributed by atoms with Crippen LogP contribution in [0.25, 0.3) is 0 Å². The second-order valence-electron chi connectivity index (χ2n) is 4.02. The van der Waals surface area contributed by atoms with Crippen molar-refractivity contribution in [1.82, 2.24) is 0 Å². The van der Waals surface area contributed by atoms with Gasteiger partial charge >= 0.3 is 0 Å². The molecule has 0 aromatic heterocycles. The summed E-state index contributed by atoms with van der Waals surface area (Å²) in [6, 6.07) is 9.92. The molecule has 0 heterocycles. The van der Waals surface area contributed by atoms with Crippen molar-refractivity contribution in [1.29, 1.82) is 0 Å². The highest BCUT2D eigenvalue weighted by molar-refractivity contribution is 9.10. The minimum atomic E-state index is -0.254. The van der Waals surface area contributed by atoms with E-state index in [1.807, 2.05) is 0 Å². The summed E-state index contributed by atoms with van der Waals surface area (Å²) in [5, 5.41) is 0. The normalized spacial score (nSPS) is 10.3. The van der Waals surface area contributed by atoms with Crippen molar-refractivity contribution in [2.24, 2.45) is 5.73 Å². The van der Waals surface area contributed by atoms with Gasteiger partial charge in [0.2, 0.25) is 0 Å². The van der Waals surface area contributed by atoms with Gasteiger partial charge in [-0.2, -0.15) is 0 Å². The maximum absolute atomic E-state index is 13.2. The Bertz CT molecular complexity index is 645. The van der Waals surface area contributed by atoms with Gasteiger partial charge in [-0.05, 0) is 64.8 Å². The average Bonchev–Trinajstić information content (AvgIpc) is 2.36. The molecule has 98 valence electrons. The summed E-state index contributed by atoms with van der Waals surface area (Å²) >= 11 is 8.29. The van der Waals surface area contributed by atoms with Crippen molar-refractivity contribution in [2.75, 3.05) is 0 Å². The summed E-state index contributed by atoms with van der Waals surface area (Å²) in [7, 11) is 0. The maximum atomic E-state index is 13.2. The largest absolute Gasteiger partial charge is 0.456 e. The van der Waals surface area contributed by atoms with Crippen molar-refractivity contribution in [3.8, 4) is 11.5 Å². The lowest BCUT2D eigenvalue weighted by Crippen LogP contribution is -2.09. The summed E-state index contributed by atoms with van der Waals surface area (Å²) in [5.74, 6) is 0.934. The van der Waals surface area contributed by atoms with E-state index in [0.717, 1.165) is 10.0 Å². The third kappa shape index (κ3) is 3.30. The van der Waals surface area contributed by atoms with Gasteiger partial charge in [0.15, 0.2) is 0 Å². The molecule has 2 N–H and O–H groups in total. The Kier molecular flexibility index (Phi) is 4.17. The molecule has 5 heteroatoms.